The van der Waals surface area contributed by atoms with Crippen molar-refractivity contribution in [3.63, 3.8) is 0 Å². The van der Waals surface area contributed by atoms with Crippen LogP contribution in [-0.4, -0.2) is 19.7 Å². The molecule has 0 aliphatic heterocycles. The molecule has 3 rings (SSSR count). The zero-order chi connectivity index (χ0) is 12.7. The molecule has 0 amide bonds. The summed E-state index contributed by atoms with van der Waals surface area (Å²) in [6.07, 6.45) is 0. The van der Waals surface area contributed by atoms with E-state index in [1.165, 1.54) is 0 Å². The lowest BCUT2D eigenvalue weighted by Crippen LogP contribution is -2.05. The van der Waals surface area contributed by atoms with Gasteiger partial charge in [-0.3, -0.25) is 0 Å². The Morgan fingerprint density at radius 1 is 1.39 bits per heavy atom. The Morgan fingerprint density at radius 3 is 2.94 bits per heavy atom. The summed E-state index contributed by atoms with van der Waals surface area (Å²) < 4.78 is 6.74. The monoisotopic (exact) mass is 263 g/mol. The lowest BCUT2D eigenvalue weighted by Gasteiger charge is -2.02. The van der Waals surface area contributed by atoms with E-state index in [1.807, 2.05) is 10.6 Å². The highest BCUT2D eigenvalue weighted by Gasteiger charge is 2.11. The predicted octanol–water partition coefficient (Wildman–Crippen LogP) is 2.01. The van der Waals surface area contributed by atoms with Crippen molar-refractivity contribution in [1.82, 2.24) is 19.7 Å². The van der Waals surface area contributed by atoms with Gasteiger partial charge in [0.15, 0.2) is 5.82 Å². The van der Waals surface area contributed by atoms with Crippen molar-refractivity contribution in [3.8, 4) is 0 Å². The minimum atomic E-state index is 0.398. The minimum Gasteiger partial charge on any atom is -0.369 e. The van der Waals surface area contributed by atoms with Crippen LogP contribution in [0.3, 0.4) is 0 Å². The molecule has 2 N–H and O–H groups in total. The first kappa shape index (κ1) is 11.0. The molecule has 92 valence electrons. The summed E-state index contributed by atoms with van der Waals surface area (Å²) in [6, 6.07) is 5.43. The van der Waals surface area contributed by atoms with Crippen molar-refractivity contribution in [2.75, 3.05) is 5.73 Å². The van der Waals surface area contributed by atoms with Crippen LogP contribution in [0.2, 0.25) is 5.02 Å². The maximum Gasteiger partial charge on any atom is 0.223 e. The summed E-state index contributed by atoms with van der Waals surface area (Å²) in [7, 11) is 0. The molecule has 0 aliphatic rings. The number of aryl methyl sites for hydroxylation is 1. The third kappa shape index (κ3) is 1.80. The van der Waals surface area contributed by atoms with Gasteiger partial charge in [-0.15, -0.1) is 0 Å². The molecule has 3 aromatic rings. The Labute approximate surface area is 107 Å². The largest absolute Gasteiger partial charge is 0.369 e. The molecule has 0 aliphatic carbocycles. The second-order valence-electron chi connectivity index (χ2n) is 3.92. The number of nitrogens with zero attached hydrogens (tertiary/aromatic N) is 4. The van der Waals surface area contributed by atoms with Gasteiger partial charge in [-0.25, -0.2) is 4.98 Å². The molecular formula is C11H10ClN5O. The molecule has 0 unspecified atom stereocenters. The molecule has 0 saturated carbocycles. The molecule has 0 radical (unpaired) electrons. The molecule has 18 heavy (non-hydrogen) atoms. The van der Waals surface area contributed by atoms with E-state index in [1.54, 1.807) is 19.1 Å². The molecule has 2 heterocycles. The van der Waals surface area contributed by atoms with Gasteiger partial charge in [0.1, 0.15) is 0 Å². The van der Waals surface area contributed by atoms with Gasteiger partial charge in [0.05, 0.1) is 17.6 Å². The average Bonchev–Trinajstić information content (AvgIpc) is 2.84. The fourth-order valence-corrected chi connectivity index (χ4v) is 2.00. The summed E-state index contributed by atoms with van der Waals surface area (Å²) in [5.41, 5.74) is 7.52. The van der Waals surface area contributed by atoms with Crippen molar-refractivity contribution in [3.05, 3.63) is 34.9 Å². The van der Waals surface area contributed by atoms with Crippen LogP contribution in [-0.2, 0) is 6.54 Å². The second-order valence-corrected chi connectivity index (χ2v) is 4.36. The first-order valence-corrected chi connectivity index (χ1v) is 5.72. The normalized spacial score (nSPS) is 11.2. The Morgan fingerprint density at radius 2 is 2.22 bits per heavy atom. The molecule has 0 bridgehead atoms. The Hall–Kier alpha value is -2.08. The predicted molar refractivity (Wildman–Crippen MR) is 67.3 cm³/mol. The van der Waals surface area contributed by atoms with Crippen LogP contribution in [0.15, 0.2) is 22.7 Å². The van der Waals surface area contributed by atoms with Crippen LogP contribution in [0.5, 0.6) is 0 Å². The number of benzene rings is 1. The highest BCUT2D eigenvalue weighted by Crippen LogP contribution is 2.22. The standard InChI is InChI=1S/C11H10ClN5O/c1-6-14-10(16-18-6)5-17-9-3-2-7(12)4-8(9)15-11(17)13/h2-4H,5H2,1H3,(H2,13,15). The summed E-state index contributed by atoms with van der Waals surface area (Å²) in [5.74, 6) is 1.49. The minimum absolute atomic E-state index is 0.398. The highest BCUT2D eigenvalue weighted by atomic mass is 35.5. The first-order valence-electron chi connectivity index (χ1n) is 5.34. The van der Waals surface area contributed by atoms with Crippen molar-refractivity contribution in [2.45, 2.75) is 13.5 Å². The maximum atomic E-state index is 5.91. The SMILES string of the molecule is Cc1nc(Cn2c(N)nc3cc(Cl)ccc32)no1. The fraction of sp³-hybridized carbons (Fsp3) is 0.182. The Balaban J connectivity index is 2.08. The third-order valence-electron chi connectivity index (χ3n) is 2.61. The van der Waals surface area contributed by atoms with Crippen LogP contribution < -0.4 is 5.73 Å². The molecule has 0 spiro atoms. The van der Waals surface area contributed by atoms with Gasteiger partial charge in [0.2, 0.25) is 11.8 Å². The maximum absolute atomic E-state index is 5.91. The van der Waals surface area contributed by atoms with Crippen molar-refractivity contribution in [1.29, 1.82) is 0 Å². The molecule has 6 nitrogen and oxygen atoms in total. The van der Waals surface area contributed by atoms with Gasteiger partial charge in [0.25, 0.3) is 0 Å². The zero-order valence-electron chi connectivity index (χ0n) is 9.59. The molecule has 0 atom stereocenters. The molecule has 7 heteroatoms. The van der Waals surface area contributed by atoms with Gasteiger partial charge >= 0.3 is 0 Å². The van der Waals surface area contributed by atoms with E-state index in [0.29, 0.717) is 29.2 Å². The third-order valence-corrected chi connectivity index (χ3v) is 2.84. The number of anilines is 1. The lowest BCUT2D eigenvalue weighted by molar-refractivity contribution is 0.386. The smallest absolute Gasteiger partial charge is 0.223 e. The van der Waals surface area contributed by atoms with Crippen LogP contribution in [0.25, 0.3) is 11.0 Å². The molecule has 1 aromatic carbocycles. The van der Waals surface area contributed by atoms with Gasteiger partial charge < -0.3 is 14.8 Å². The molecule has 0 saturated heterocycles. The number of hydrogen-bond donors (Lipinski definition) is 1. The first-order chi connectivity index (χ1) is 8.63. The summed E-state index contributed by atoms with van der Waals surface area (Å²) in [6.45, 7) is 2.16. The van der Waals surface area contributed by atoms with E-state index in [0.717, 1.165) is 11.0 Å². The lowest BCUT2D eigenvalue weighted by atomic mass is 10.3. The number of halogens is 1. The quantitative estimate of drug-likeness (QED) is 0.765. The van der Waals surface area contributed by atoms with Crippen LogP contribution in [0.4, 0.5) is 5.95 Å². The average molecular weight is 264 g/mol. The number of nitrogen functional groups attached to an aromatic ring is 1. The second kappa shape index (κ2) is 3.99. The summed E-state index contributed by atoms with van der Waals surface area (Å²) in [5, 5.41) is 4.47. The van der Waals surface area contributed by atoms with E-state index >= 15 is 0 Å². The molecule has 2 aromatic heterocycles. The van der Waals surface area contributed by atoms with Crippen LogP contribution in [0.1, 0.15) is 11.7 Å². The van der Waals surface area contributed by atoms with E-state index in [-0.39, 0.29) is 0 Å². The van der Waals surface area contributed by atoms with E-state index in [4.69, 9.17) is 21.9 Å². The van der Waals surface area contributed by atoms with E-state index in [9.17, 15) is 0 Å². The zero-order valence-corrected chi connectivity index (χ0v) is 10.3. The van der Waals surface area contributed by atoms with Gasteiger partial charge in [-0.2, -0.15) is 4.98 Å². The summed E-state index contributed by atoms with van der Waals surface area (Å²) >= 11 is 5.91. The van der Waals surface area contributed by atoms with E-state index in [2.05, 4.69) is 15.1 Å². The van der Waals surface area contributed by atoms with Gasteiger partial charge in [-0.05, 0) is 18.2 Å². The van der Waals surface area contributed by atoms with Crippen LogP contribution >= 0.6 is 11.6 Å². The van der Waals surface area contributed by atoms with Gasteiger partial charge in [0, 0.05) is 11.9 Å². The summed E-state index contributed by atoms with van der Waals surface area (Å²) in [4.78, 5) is 8.39. The molecular weight excluding hydrogens is 254 g/mol. The van der Waals surface area contributed by atoms with Crippen LogP contribution in [0, 0.1) is 6.92 Å². The highest BCUT2D eigenvalue weighted by molar-refractivity contribution is 6.31. The van der Waals surface area contributed by atoms with Crippen molar-refractivity contribution < 1.29 is 4.52 Å². The fourth-order valence-electron chi connectivity index (χ4n) is 1.83. The van der Waals surface area contributed by atoms with E-state index < -0.39 is 0 Å². The topological polar surface area (TPSA) is 82.8 Å². The number of rotatable bonds is 2. The number of nitrogens with two attached hydrogens (primary N) is 1. The number of aromatic nitrogens is 4. The van der Waals surface area contributed by atoms with Gasteiger partial charge in [-0.1, -0.05) is 16.8 Å². The Bertz CT molecular complexity index is 717. The number of hydrogen-bond acceptors (Lipinski definition) is 5. The molecule has 0 fully saturated rings. The number of fused-ring (bicyclic) bond motifs is 1. The van der Waals surface area contributed by atoms with Crippen molar-refractivity contribution >= 4 is 28.6 Å². The number of imidazole rings is 1. The van der Waals surface area contributed by atoms with Crippen molar-refractivity contribution in [2.24, 2.45) is 0 Å². The Kier molecular flexibility index (Phi) is 2.45.